The van der Waals surface area contributed by atoms with Crippen molar-refractivity contribution in [1.82, 2.24) is 14.8 Å². The molecule has 0 saturated heterocycles. The number of aliphatic carboxylic acids is 1. The minimum absolute atomic E-state index is 0.0357. The number of rotatable bonds is 9. The van der Waals surface area contributed by atoms with Gasteiger partial charge in [0.1, 0.15) is 5.82 Å². The number of aromatic nitrogens is 3. The van der Waals surface area contributed by atoms with Crippen molar-refractivity contribution in [2.75, 3.05) is 5.75 Å². The fraction of sp³-hybridized carbons (Fsp3) is 0.750. The smallest absolute Gasteiger partial charge is 0.313 e. The van der Waals surface area contributed by atoms with Gasteiger partial charge in [0.15, 0.2) is 5.16 Å². The predicted octanol–water partition coefficient (Wildman–Crippen LogP) is 2.60. The Morgan fingerprint density at radius 1 is 1.28 bits per heavy atom. The van der Waals surface area contributed by atoms with Crippen LogP contribution in [-0.4, -0.2) is 31.6 Å². The molecule has 0 aliphatic rings. The Morgan fingerprint density at radius 2 is 2.06 bits per heavy atom. The summed E-state index contributed by atoms with van der Waals surface area (Å²) in [5.74, 6) is 0.185. The van der Waals surface area contributed by atoms with E-state index >= 15 is 0 Å². The Balaban J connectivity index is 2.54. The Hall–Kier alpha value is -1.04. The SMILES string of the molecule is CCCCCCc1nnc(SCC(=O)O)n1CC. The summed E-state index contributed by atoms with van der Waals surface area (Å²) in [6.07, 6.45) is 5.73. The molecule has 0 bridgehead atoms. The lowest BCUT2D eigenvalue weighted by atomic mass is 10.1. The van der Waals surface area contributed by atoms with Crippen molar-refractivity contribution in [2.45, 2.75) is 57.7 Å². The first-order chi connectivity index (χ1) is 8.69. The Labute approximate surface area is 112 Å². The normalized spacial score (nSPS) is 10.8. The van der Waals surface area contributed by atoms with Crippen molar-refractivity contribution in [3.8, 4) is 0 Å². The minimum Gasteiger partial charge on any atom is -0.481 e. The number of unbranched alkanes of at least 4 members (excludes halogenated alkanes) is 3. The molecule has 6 heteroatoms. The molecule has 0 amide bonds. The zero-order valence-corrected chi connectivity index (χ0v) is 11.9. The number of carboxylic acid groups (broad SMARTS) is 1. The molecule has 0 spiro atoms. The van der Waals surface area contributed by atoms with Crippen LogP contribution in [0.15, 0.2) is 5.16 Å². The van der Waals surface area contributed by atoms with Crippen LogP contribution in [0.25, 0.3) is 0 Å². The third-order valence-electron chi connectivity index (χ3n) is 2.69. The van der Waals surface area contributed by atoms with Crippen LogP contribution in [-0.2, 0) is 17.8 Å². The number of thioether (sulfide) groups is 1. The topological polar surface area (TPSA) is 68.0 Å². The van der Waals surface area contributed by atoms with E-state index in [0.717, 1.165) is 25.2 Å². The van der Waals surface area contributed by atoms with Gasteiger partial charge >= 0.3 is 5.97 Å². The van der Waals surface area contributed by atoms with E-state index in [0.29, 0.717) is 5.16 Å². The summed E-state index contributed by atoms with van der Waals surface area (Å²) in [5, 5.41) is 17.6. The fourth-order valence-corrected chi connectivity index (χ4v) is 2.51. The van der Waals surface area contributed by atoms with Crippen molar-refractivity contribution in [2.24, 2.45) is 0 Å². The van der Waals surface area contributed by atoms with E-state index in [4.69, 9.17) is 5.11 Å². The highest BCUT2D eigenvalue weighted by Gasteiger charge is 2.12. The fourth-order valence-electron chi connectivity index (χ4n) is 1.76. The van der Waals surface area contributed by atoms with Gasteiger partial charge < -0.3 is 9.67 Å². The average Bonchev–Trinajstić information content (AvgIpc) is 2.74. The van der Waals surface area contributed by atoms with Gasteiger partial charge in [-0.1, -0.05) is 37.9 Å². The second kappa shape index (κ2) is 8.13. The molecule has 0 fully saturated rings. The summed E-state index contributed by atoms with van der Waals surface area (Å²) in [4.78, 5) is 10.5. The van der Waals surface area contributed by atoms with E-state index in [-0.39, 0.29) is 5.75 Å². The van der Waals surface area contributed by atoms with E-state index in [9.17, 15) is 4.79 Å². The van der Waals surface area contributed by atoms with E-state index < -0.39 is 5.97 Å². The summed E-state index contributed by atoms with van der Waals surface area (Å²) >= 11 is 1.23. The lowest BCUT2D eigenvalue weighted by molar-refractivity contribution is -0.133. The van der Waals surface area contributed by atoms with Crippen LogP contribution in [0.1, 0.15) is 45.4 Å². The maximum Gasteiger partial charge on any atom is 0.313 e. The zero-order chi connectivity index (χ0) is 13.4. The molecular formula is C12H21N3O2S. The molecule has 1 heterocycles. The number of carboxylic acids is 1. The van der Waals surface area contributed by atoms with Crippen LogP contribution < -0.4 is 0 Å². The van der Waals surface area contributed by atoms with Gasteiger partial charge in [-0.25, -0.2) is 0 Å². The van der Waals surface area contributed by atoms with E-state index in [1.807, 2.05) is 11.5 Å². The van der Waals surface area contributed by atoms with Gasteiger partial charge in [0, 0.05) is 13.0 Å². The molecule has 0 aliphatic carbocycles. The standard InChI is InChI=1S/C12H21N3O2S/c1-3-5-6-7-8-10-13-14-12(15(10)4-2)18-9-11(16)17/h3-9H2,1-2H3,(H,16,17). The van der Waals surface area contributed by atoms with Crippen LogP contribution in [0.4, 0.5) is 0 Å². The van der Waals surface area contributed by atoms with Crippen LogP contribution in [0.3, 0.4) is 0 Å². The summed E-state index contributed by atoms with van der Waals surface area (Å²) in [6.45, 7) is 5.01. The lowest BCUT2D eigenvalue weighted by Crippen LogP contribution is -2.05. The quantitative estimate of drug-likeness (QED) is 0.552. The maximum atomic E-state index is 10.5. The molecule has 0 aromatic carbocycles. The van der Waals surface area contributed by atoms with E-state index in [2.05, 4.69) is 17.1 Å². The van der Waals surface area contributed by atoms with Crippen molar-refractivity contribution < 1.29 is 9.90 Å². The lowest BCUT2D eigenvalue weighted by Gasteiger charge is -2.06. The molecule has 0 saturated carbocycles. The van der Waals surface area contributed by atoms with Crippen molar-refractivity contribution in [3.05, 3.63) is 5.82 Å². The van der Waals surface area contributed by atoms with Crippen molar-refractivity contribution in [3.63, 3.8) is 0 Å². The Bertz CT molecular complexity index is 379. The largest absolute Gasteiger partial charge is 0.481 e. The minimum atomic E-state index is -0.824. The number of hydrogen-bond donors (Lipinski definition) is 1. The second-order valence-electron chi connectivity index (χ2n) is 4.14. The molecule has 0 aliphatic heterocycles. The molecule has 18 heavy (non-hydrogen) atoms. The average molecular weight is 271 g/mol. The maximum absolute atomic E-state index is 10.5. The highest BCUT2D eigenvalue weighted by molar-refractivity contribution is 7.99. The summed E-state index contributed by atoms with van der Waals surface area (Å²) < 4.78 is 2.01. The molecule has 0 radical (unpaired) electrons. The van der Waals surface area contributed by atoms with Gasteiger partial charge in [0.2, 0.25) is 0 Å². The van der Waals surface area contributed by atoms with Crippen LogP contribution in [0.2, 0.25) is 0 Å². The van der Waals surface area contributed by atoms with Crippen LogP contribution in [0, 0.1) is 0 Å². The third-order valence-corrected chi connectivity index (χ3v) is 3.64. The first-order valence-corrected chi connectivity index (χ1v) is 7.44. The molecule has 5 nitrogen and oxygen atoms in total. The Kier molecular flexibility index (Phi) is 6.78. The molecule has 102 valence electrons. The van der Waals surface area contributed by atoms with Gasteiger partial charge in [-0.2, -0.15) is 0 Å². The molecule has 1 N–H and O–H groups in total. The first kappa shape index (κ1) is 15.0. The van der Waals surface area contributed by atoms with Gasteiger partial charge in [0.05, 0.1) is 5.75 Å². The first-order valence-electron chi connectivity index (χ1n) is 6.45. The summed E-state index contributed by atoms with van der Waals surface area (Å²) in [6, 6.07) is 0. The Morgan fingerprint density at radius 3 is 2.67 bits per heavy atom. The number of hydrogen-bond acceptors (Lipinski definition) is 4. The van der Waals surface area contributed by atoms with Crippen LogP contribution in [0.5, 0.6) is 0 Å². The van der Waals surface area contributed by atoms with Gasteiger partial charge in [0.25, 0.3) is 0 Å². The van der Waals surface area contributed by atoms with Gasteiger partial charge in [-0.3, -0.25) is 4.79 Å². The van der Waals surface area contributed by atoms with Crippen LogP contribution >= 0.6 is 11.8 Å². The molecule has 1 aromatic rings. The third kappa shape index (κ3) is 4.68. The number of nitrogens with zero attached hydrogens (tertiary/aromatic N) is 3. The van der Waals surface area contributed by atoms with Gasteiger partial charge in [-0.05, 0) is 13.3 Å². The monoisotopic (exact) mass is 271 g/mol. The van der Waals surface area contributed by atoms with E-state index in [1.165, 1.54) is 31.0 Å². The molecular weight excluding hydrogens is 250 g/mol. The highest BCUT2D eigenvalue weighted by Crippen LogP contribution is 2.18. The van der Waals surface area contributed by atoms with Crippen molar-refractivity contribution in [1.29, 1.82) is 0 Å². The van der Waals surface area contributed by atoms with Gasteiger partial charge in [-0.15, -0.1) is 10.2 Å². The second-order valence-corrected chi connectivity index (χ2v) is 5.08. The molecule has 0 unspecified atom stereocenters. The zero-order valence-electron chi connectivity index (χ0n) is 11.1. The number of carbonyl (C=O) groups is 1. The molecule has 1 rings (SSSR count). The van der Waals surface area contributed by atoms with E-state index in [1.54, 1.807) is 0 Å². The highest BCUT2D eigenvalue weighted by atomic mass is 32.2. The van der Waals surface area contributed by atoms with Crippen molar-refractivity contribution >= 4 is 17.7 Å². The molecule has 0 atom stereocenters. The summed E-state index contributed by atoms with van der Waals surface area (Å²) in [5.41, 5.74) is 0. The predicted molar refractivity (Wildman–Crippen MR) is 71.9 cm³/mol. The summed E-state index contributed by atoms with van der Waals surface area (Å²) in [7, 11) is 0. The molecule has 1 aromatic heterocycles. The number of aryl methyl sites for hydroxylation is 1.